The number of nitrogens with zero attached hydrogens (tertiary/aromatic N) is 2. The van der Waals surface area contributed by atoms with Gasteiger partial charge in [-0.2, -0.15) is 18.3 Å². The first kappa shape index (κ1) is 17.5. The molecule has 1 fully saturated rings. The number of benzene rings is 1. The Morgan fingerprint density at radius 1 is 1.28 bits per heavy atom. The Morgan fingerprint density at radius 2 is 1.96 bits per heavy atom. The molecule has 4 nitrogen and oxygen atoms in total. The van der Waals surface area contributed by atoms with E-state index in [-0.39, 0.29) is 24.8 Å². The van der Waals surface area contributed by atoms with Crippen molar-refractivity contribution < 1.29 is 18.0 Å². The van der Waals surface area contributed by atoms with E-state index in [4.69, 9.17) is 0 Å². The highest BCUT2D eigenvalue weighted by Gasteiger charge is 2.37. The molecular formula is C18H20F3N3O. The highest BCUT2D eigenvalue weighted by molar-refractivity contribution is 5.90. The zero-order valence-electron chi connectivity index (χ0n) is 13.9. The number of anilines is 1. The molecule has 1 aromatic heterocycles. The molecule has 1 aromatic carbocycles. The van der Waals surface area contributed by atoms with Crippen LogP contribution < -0.4 is 5.32 Å². The van der Waals surface area contributed by atoms with Gasteiger partial charge in [0.15, 0.2) is 5.69 Å². The molecular weight excluding hydrogens is 331 g/mol. The first-order valence-electron chi connectivity index (χ1n) is 8.40. The third-order valence-corrected chi connectivity index (χ3v) is 4.29. The van der Waals surface area contributed by atoms with Crippen LogP contribution >= 0.6 is 0 Å². The smallest absolute Gasteiger partial charge is 0.326 e. The average Bonchev–Trinajstić information content (AvgIpc) is 3.31. The van der Waals surface area contributed by atoms with Crippen LogP contribution in [0.25, 0.3) is 0 Å². The lowest BCUT2D eigenvalue weighted by molar-refractivity contribution is -0.141. The van der Waals surface area contributed by atoms with Gasteiger partial charge in [-0.25, -0.2) is 0 Å². The Kier molecular flexibility index (Phi) is 4.83. The second-order valence-electron chi connectivity index (χ2n) is 6.30. The summed E-state index contributed by atoms with van der Waals surface area (Å²) in [4.78, 5) is 12.1. The maximum Gasteiger partial charge on any atom is 0.435 e. The number of nitrogens with one attached hydrogen (secondary N) is 1. The lowest BCUT2D eigenvalue weighted by atomic mass is 10.1. The largest absolute Gasteiger partial charge is 0.435 e. The van der Waals surface area contributed by atoms with Crippen molar-refractivity contribution in [3.8, 4) is 0 Å². The molecule has 1 saturated carbocycles. The molecule has 1 amide bonds. The summed E-state index contributed by atoms with van der Waals surface area (Å²) in [5, 5.41) is 6.42. The normalized spacial score (nSPS) is 14.6. The van der Waals surface area contributed by atoms with Gasteiger partial charge < -0.3 is 5.32 Å². The average molecular weight is 351 g/mol. The summed E-state index contributed by atoms with van der Waals surface area (Å²) in [7, 11) is 0. The van der Waals surface area contributed by atoms with Gasteiger partial charge in [-0.1, -0.05) is 19.1 Å². The van der Waals surface area contributed by atoms with Crippen molar-refractivity contribution in [2.75, 3.05) is 5.32 Å². The predicted molar refractivity (Wildman–Crippen MR) is 88.3 cm³/mol. The summed E-state index contributed by atoms with van der Waals surface area (Å²) >= 11 is 0. The fourth-order valence-electron chi connectivity index (χ4n) is 2.71. The van der Waals surface area contributed by atoms with Gasteiger partial charge in [-0.05, 0) is 43.0 Å². The number of hydrogen-bond donors (Lipinski definition) is 1. The van der Waals surface area contributed by atoms with Crippen LogP contribution in [-0.2, 0) is 23.9 Å². The number of alkyl halides is 3. The standard InChI is InChI=1S/C18H20F3N3O/c1-2-12-3-7-14(8-4-12)22-17(25)9-10-24-15(13-5-6-13)11-16(23-24)18(19,20)21/h3-4,7-8,11,13H,2,5-6,9-10H2,1H3,(H,22,25). The highest BCUT2D eigenvalue weighted by Crippen LogP contribution is 2.42. The van der Waals surface area contributed by atoms with E-state index in [1.165, 1.54) is 10.2 Å². The molecule has 25 heavy (non-hydrogen) atoms. The Labute approximate surface area is 144 Å². The quantitative estimate of drug-likeness (QED) is 0.840. The van der Waals surface area contributed by atoms with E-state index in [0.29, 0.717) is 11.4 Å². The molecule has 134 valence electrons. The summed E-state index contributed by atoms with van der Waals surface area (Å²) in [6.45, 7) is 2.19. The number of halogens is 3. The summed E-state index contributed by atoms with van der Waals surface area (Å²) in [6.07, 6.45) is -1.72. The monoisotopic (exact) mass is 351 g/mol. The predicted octanol–water partition coefficient (Wildman–Crippen LogP) is 4.37. The van der Waals surface area contributed by atoms with Crippen LogP contribution in [0.2, 0.25) is 0 Å². The Morgan fingerprint density at radius 3 is 2.52 bits per heavy atom. The second-order valence-corrected chi connectivity index (χ2v) is 6.30. The van der Waals surface area contributed by atoms with Crippen LogP contribution in [0.15, 0.2) is 30.3 Å². The first-order chi connectivity index (χ1) is 11.9. The van der Waals surface area contributed by atoms with E-state index >= 15 is 0 Å². The first-order valence-corrected chi connectivity index (χ1v) is 8.40. The van der Waals surface area contributed by atoms with Gasteiger partial charge in [0.25, 0.3) is 0 Å². The maximum atomic E-state index is 12.9. The Bertz CT molecular complexity index is 746. The minimum atomic E-state index is -4.46. The molecule has 1 heterocycles. The van der Waals surface area contributed by atoms with E-state index in [0.717, 1.165) is 25.3 Å². The van der Waals surface area contributed by atoms with Gasteiger partial charge in [-0.3, -0.25) is 9.48 Å². The van der Waals surface area contributed by atoms with E-state index in [2.05, 4.69) is 10.4 Å². The van der Waals surface area contributed by atoms with Gasteiger partial charge in [0.05, 0.1) is 0 Å². The Balaban J connectivity index is 1.62. The molecule has 0 saturated heterocycles. The molecule has 1 aliphatic rings. The maximum absolute atomic E-state index is 12.9. The fourth-order valence-corrected chi connectivity index (χ4v) is 2.71. The minimum absolute atomic E-state index is 0.0776. The van der Waals surface area contributed by atoms with Crippen molar-refractivity contribution >= 4 is 11.6 Å². The van der Waals surface area contributed by atoms with Crippen LogP contribution in [0.3, 0.4) is 0 Å². The van der Waals surface area contributed by atoms with Crippen molar-refractivity contribution in [2.45, 2.75) is 51.2 Å². The number of aryl methyl sites for hydroxylation is 2. The summed E-state index contributed by atoms with van der Waals surface area (Å²) in [6, 6.07) is 8.62. The van der Waals surface area contributed by atoms with Crippen LogP contribution in [0.1, 0.15) is 49.1 Å². The highest BCUT2D eigenvalue weighted by atomic mass is 19.4. The van der Waals surface area contributed by atoms with Crippen molar-refractivity contribution in [1.82, 2.24) is 9.78 Å². The van der Waals surface area contributed by atoms with Gasteiger partial charge in [-0.15, -0.1) is 0 Å². The summed E-state index contributed by atoms with van der Waals surface area (Å²) < 4.78 is 39.9. The topological polar surface area (TPSA) is 46.9 Å². The molecule has 0 spiro atoms. The SMILES string of the molecule is CCc1ccc(NC(=O)CCn2nc(C(F)(F)F)cc2C2CC2)cc1. The number of rotatable bonds is 6. The van der Waals surface area contributed by atoms with Gasteiger partial charge in [0, 0.05) is 30.3 Å². The minimum Gasteiger partial charge on any atom is -0.326 e. The number of carbonyl (C=O) groups excluding carboxylic acids is 1. The molecule has 2 aromatic rings. The van der Waals surface area contributed by atoms with Crippen molar-refractivity contribution in [3.63, 3.8) is 0 Å². The Hall–Kier alpha value is -2.31. The molecule has 3 rings (SSSR count). The number of carbonyl (C=O) groups is 1. The molecule has 0 aliphatic heterocycles. The van der Waals surface area contributed by atoms with Gasteiger partial charge in [0.2, 0.25) is 5.91 Å². The van der Waals surface area contributed by atoms with E-state index in [1.807, 2.05) is 31.2 Å². The zero-order valence-corrected chi connectivity index (χ0v) is 13.9. The zero-order chi connectivity index (χ0) is 18.0. The van der Waals surface area contributed by atoms with Crippen LogP contribution in [0.4, 0.5) is 18.9 Å². The third-order valence-electron chi connectivity index (χ3n) is 4.29. The second kappa shape index (κ2) is 6.90. The molecule has 1 N–H and O–H groups in total. The molecule has 7 heteroatoms. The third kappa shape index (κ3) is 4.41. The number of aromatic nitrogens is 2. The van der Waals surface area contributed by atoms with E-state index in [9.17, 15) is 18.0 Å². The molecule has 1 aliphatic carbocycles. The van der Waals surface area contributed by atoms with Crippen molar-refractivity contribution in [2.24, 2.45) is 0 Å². The molecule has 0 unspecified atom stereocenters. The molecule has 0 radical (unpaired) electrons. The van der Waals surface area contributed by atoms with Crippen LogP contribution in [0, 0.1) is 0 Å². The fraction of sp³-hybridized carbons (Fsp3) is 0.444. The van der Waals surface area contributed by atoms with Crippen LogP contribution in [-0.4, -0.2) is 15.7 Å². The van der Waals surface area contributed by atoms with Crippen molar-refractivity contribution in [3.05, 3.63) is 47.3 Å². The van der Waals surface area contributed by atoms with E-state index < -0.39 is 11.9 Å². The van der Waals surface area contributed by atoms with Gasteiger partial charge in [0.1, 0.15) is 0 Å². The number of amides is 1. The molecule has 0 atom stereocenters. The lowest BCUT2D eigenvalue weighted by Gasteiger charge is -2.08. The van der Waals surface area contributed by atoms with E-state index in [1.54, 1.807) is 0 Å². The van der Waals surface area contributed by atoms with Crippen LogP contribution in [0.5, 0.6) is 0 Å². The van der Waals surface area contributed by atoms with Crippen molar-refractivity contribution in [1.29, 1.82) is 0 Å². The lowest BCUT2D eigenvalue weighted by Crippen LogP contribution is -2.16. The number of hydrogen-bond acceptors (Lipinski definition) is 2. The summed E-state index contributed by atoms with van der Waals surface area (Å²) in [5.74, 6) is -0.108. The van der Waals surface area contributed by atoms with Gasteiger partial charge >= 0.3 is 6.18 Å². The molecule has 0 bridgehead atoms. The summed E-state index contributed by atoms with van der Waals surface area (Å²) in [5.41, 5.74) is 1.54.